The minimum atomic E-state index is -0.871. The van der Waals surface area contributed by atoms with Gasteiger partial charge >= 0.3 is 5.97 Å². The maximum absolute atomic E-state index is 14.3. The Kier molecular flexibility index (Phi) is 4.86. The Balaban J connectivity index is 1.34. The van der Waals surface area contributed by atoms with Gasteiger partial charge in [0.1, 0.15) is 5.75 Å². The van der Waals surface area contributed by atoms with E-state index in [1.165, 1.54) is 4.90 Å². The van der Waals surface area contributed by atoms with Crippen LogP contribution < -0.4 is 9.64 Å². The summed E-state index contributed by atoms with van der Waals surface area (Å²) >= 11 is 0. The molecule has 0 bridgehead atoms. The zero-order valence-electron chi connectivity index (χ0n) is 21.4. The van der Waals surface area contributed by atoms with Gasteiger partial charge in [0, 0.05) is 11.5 Å². The standard InChI is InChI=1S/C35H23NO4/c37-33-30-26(21-9-2-1-3-10-21)19-27-29-25-13-7-6-11-22(25)15-17-28(29)40-35(39)31(27)32(30)34(38)36(33)24-16-14-20-8-4-5-12-23(20)18-24/h1-19,26,30-32H/t26-,30+,31-,32-/m1/s1. The molecule has 4 atom stereocenters. The second-order valence-electron chi connectivity index (χ2n) is 10.7. The van der Waals surface area contributed by atoms with E-state index >= 15 is 0 Å². The van der Waals surface area contributed by atoms with Crippen LogP contribution in [0.1, 0.15) is 17.0 Å². The zero-order valence-corrected chi connectivity index (χ0v) is 21.4. The average Bonchev–Trinajstić information content (AvgIpc) is 3.26. The molecule has 2 heterocycles. The van der Waals surface area contributed by atoms with E-state index in [0.717, 1.165) is 38.2 Å². The third-order valence-electron chi connectivity index (χ3n) is 8.66. The zero-order chi connectivity index (χ0) is 27.0. The molecular weight excluding hydrogens is 498 g/mol. The van der Waals surface area contributed by atoms with Gasteiger partial charge in [-0.1, -0.05) is 97.1 Å². The predicted octanol–water partition coefficient (Wildman–Crippen LogP) is 6.51. The Morgan fingerprint density at radius 2 is 1.30 bits per heavy atom. The highest BCUT2D eigenvalue weighted by atomic mass is 16.5. The first kappa shape index (κ1) is 22.9. The molecule has 3 aliphatic rings. The molecule has 0 aromatic heterocycles. The molecule has 5 aromatic rings. The van der Waals surface area contributed by atoms with Crippen LogP contribution >= 0.6 is 0 Å². The molecule has 0 N–H and O–H groups in total. The van der Waals surface area contributed by atoms with E-state index in [0.29, 0.717) is 11.4 Å². The van der Waals surface area contributed by atoms with Crippen molar-refractivity contribution in [3.8, 4) is 5.75 Å². The summed E-state index contributed by atoms with van der Waals surface area (Å²) in [7, 11) is 0. The van der Waals surface area contributed by atoms with Gasteiger partial charge in [0.05, 0.1) is 23.4 Å². The van der Waals surface area contributed by atoms with Crippen molar-refractivity contribution in [2.75, 3.05) is 4.90 Å². The van der Waals surface area contributed by atoms with Gasteiger partial charge in [0.25, 0.3) is 0 Å². The Bertz CT molecular complexity index is 1920. The van der Waals surface area contributed by atoms with E-state index in [1.54, 1.807) is 0 Å². The summed E-state index contributed by atoms with van der Waals surface area (Å²) < 4.78 is 5.88. The van der Waals surface area contributed by atoms with E-state index in [2.05, 4.69) is 0 Å². The van der Waals surface area contributed by atoms with Crippen LogP contribution in [0.3, 0.4) is 0 Å². The smallest absolute Gasteiger partial charge is 0.319 e. The van der Waals surface area contributed by atoms with Crippen molar-refractivity contribution in [2.24, 2.45) is 17.8 Å². The molecule has 5 nitrogen and oxygen atoms in total. The van der Waals surface area contributed by atoms with Gasteiger partial charge in [-0.15, -0.1) is 0 Å². The molecule has 0 spiro atoms. The number of esters is 1. The van der Waals surface area contributed by atoms with Crippen molar-refractivity contribution in [1.82, 2.24) is 0 Å². The first-order valence-corrected chi connectivity index (χ1v) is 13.5. The summed E-state index contributed by atoms with van der Waals surface area (Å²) in [6.45, 7) is 0. The first-order chi connectivity index (χ1) is 19.6. The number of rotatable bonds is 2. The van der Waals surface area contributed by atoms with E-state index < -0.39 is 23.7 Å². The van der Waals surface area contributed by atoms with Crippen molar-refractivity contribution in [1.29, 1.82) is 0 Å². The lowest BCUT2D eigenvalue weighted by Gasteiger charge is -2.38. The van der Waals surface area contributed by atoms with Crippen molar-refractivity contribution in [3.05, 3.63) is 126 Å². The molecule has 8 rings (SSSR count). The molecule has 0 saturated carbocycles. The molecule has 5 heteroatoms. The van der Waals surface area contributed by atoms with E-state index in [1.807, 2.05) is 115 Å². The Labute approximate surface area is 230 Å². The van der Waals surface area contributed by atoms with Gasteiger partial charge in [-0.25, -0.2) is 4.90 Å². The van der Waals surface area contributed by atoms with Gasteiger partial charge < -0.3 is 4.74 Å². The Morgan fingerprint density at radius 1 is 0.625 bits per heavy atom. The quantitative estimate of drug-likeness (QED) is 0.151. The van der Waals surface area contributed by atoms with Crippen LogP contribution in [0, 0.1) is 17.8 Å². The molecular formula is C35H23NO4. The van der Waals surface area contributed by atoms with Crippen LogP contribution in [0.25, 0.3) is 27.1 Å². The van der Waals surface area contributed by atoms with Gasteiger partial charge in [-0.2, -0.15) is 0 Å². The number of nitrogens with zero attached hydrogens (tertiary/aromatic N) is 1. The van der Waals surface area contributed by atoms with Crippen molar-refractivity contribution < 1.29 is 19.1 Å². The molecule has 1 saturated heterocycles. The molecule has 0 unspecified atom stereocenters. The van der Waals surface area contributed by atoms with E-state index in [9.17, 15) is 14.4 Å². The maximum Gasteiger partial charge on any atom is 0.319 e. The van der Waals surface area contributed by atoms with Crippen molar-refractivity contribution >= 4 is 50.6 Å². The fourth-order valence-electron chi connectivity index (χ4n) is 6.90. The monoisotopic (exact) mass is 521 g/mol. The van der Waals surface area contributed by atoms with Crippen LogP contribution in [0.15, 0.2) is 115 Å². The topological polar surface area (TPSA) is 63.7 Å². The molecule has 40 heavy (non-hydrogen) atoms. The average molecular weight is 522 g/mol. The predicted molar refractivity (Wildman–Crippen MR) is 154 cm³/mol. The summed E-state index contributed by atoms with van der Waals surface area (Å²) in [4.78, 5) is 43.5. The van der Waals surface area contributed by atoms with Crippen LogP contribution in [-0.4, -0.2) is 17.8 Å². The van der Waals surface area contributed by atoms with Crippen LogP contribution in [0.5, 0.6) is 5.75 Å². The van der Waals surface area contributed by atoms with Crippen LogP contribution in [0.2, 0.25) is 0 Å². The summed E-state index contributed by atoms with van der Waals surface area (Å²) in [6.07, 6.45) is 2.04. The summed E-state index contributed by atoms with van der Waals surface area (Å²) in [5, 5.41) is 3.93. The lowest BCUT2D eigenvalue weighted by Crippen LogP contribution is -2.42. The Morgan fingerprint density at radius 3 is 2.12 bits per heavy atom. The molecule has 2 amide bonds. The summed E-state index contributed by atoms with van der Waals surface area (Å²) in [5.41, 5.74) is 3.04. The van der Waals surface area contributed by atoms with Gasteiger partial charge in [-0.05, 0) is 50.9 Å². The second kappa shape index (κ2) is 8.48. The number of carbonyl (C=O) groups excluding carboxylic acids is 3. The van der Waals surface area contributed by atoms with Crippen molar-refractivity contribution in [3.63, 3.8) is 0 Å². The molecule has 1 fully saturated rings. The van der Waals surface area contributed by atoms with E-state index in [-0.39, 0.29) is 17.7 Å². The number of imide groups is 1. The fraction of sp³-hybridized carbons (Fsp3) is 0.114. The molecule has 2 aliphatic heterocycles. The largest absolute Gasteiger partial charge is 0.425 e. The Hall–Kier alpha value is -5.03. The molecule has 5 aromatic carbocycles. The number of carbonyl (C=O) groups is 3. The number of ether oxygens (including phenoxy) is 1. The number of amides is 2. The summed E-state index contributed by atoms with van der Waals surface area (Å²) in [5.74, 6) is -3.49. The number of fused-ring (bicyclic) bond motifs is 8. The van der Waals surface area contributed by atoms with E-state index in [4.69, 9.17) is 4.74 Å². The SMILES string of the molecule is O=C1Oc2ccc3ccccc3c2C2=C[C@H](c3ccccc3)[C@@H]3C(=O)N(c4ccc5ccccc5c4)C(=O)[C@H]3[C@H]12. The second-order valence-corrected chi connectivity index (χ2v) is 10.7. The number of hydrogen-bond donors (Lipinski definition) is 0. The third kappa shape index (κ3) is 3.18. The third-order valence-corrected chi connectivity index (χ3v) is 8.66. The summed E-state index contributed by atoms with van der Waals surface area (Å²) in [6, 6.07) is 35.0. The number of allylic oxidation sites excluding steroid dienone is 1. The van der Waals surface area contributed by atoms with Gasteiger partial charge in [0.15, 0.2) is 0 Å². The van der Waals surface area contributed by atoms with Gasteiger partial charge in [0.2, 0.25) is 11.8 Å². The van der Waals surface area contributed by atoms with Crippen LogP contribution in [0.4, 0.5) is 5.69 Å². The van der Waals surface area contributed by atoms with Crippen LogP contribution in [-0.2, 0) is 14.4 Å². The highest BCUT2D eigenvalue weighted by Gasteiger charge is 2.60. The lowest BCUT2D eigenvalue weighted by molar-refractivity contribution is -0.142. The molecule has 1 aliphatic carbocycles. The van der Waals surface area contributed by atoms with Crippen molar-refractivity contribution in [2.45, 2.75) is 5.92 Å². The lowest BCUT2D eigenvalue weighted by atomic mass is 9.64. The minimum Gasteiger partial charge on any atom is -0.425 e. The highest BCUT2D eigenvalue weighted by molar-refractivity contribution is 6.25. The molecule has 192 valence electrons. The highest BCUT2D eigenvalue weighted by Crippen LogP contribution is 2.55. The maximum atomic E-state index is 14.3. The minimum absolute atomic E-state index is 0.286. The number of anilines is 1. The normalized spacial score (nSPS) is 23.4. The fourth-order valence-corrected chi connectivity index (χ4v) is 6.90. The number of hydrogen-bond acceptors (Lipinski definition) is 4. The number of benzene rings is 5. The molecule has 0 radical (unpaired) electrons. The van der Waals surface area contributed by atoms with Gasteiger partial charge in [-0.3, -0.25) is 14.4 Å². The first-order valence-electron chi connectivity index (χ1n) is 13.5.